The summed E-state index contributed by atoms with van der Waals surface area (Å²) in [4.78, 5) is 0. The van der Waals surface area contributed by atoms with Gasteiger partial charge in [-0.1, -0.05) is 0 Å². The quantitative estimate of drug-likeness (QED) is 0.407. The van der Waals surface area contributed by atoms with Crippen LogP contribution in [0.5, 0.6) is 0 Å². The first-order valence-corrected chi connectivity index (χ1v) is 1.41. The Morgan fingerprint density at radius 1 is 0.700 bits per heavy atom. The number of hydrogen-bond donors (Lipinski definition) is 0. The Labute approximate surface area is 91.4 Å². The molecule has 0 saturated heterocycles. The van der Waals surface area contributed by atoms with Crippen LogP contribution in [-0.2, 0) is 14.1 Å². The molecule has 0 aromatic carbocycles. The molecule has 0 rings (SSSR count). The van der Waals surface area contributed by atoms with Crippen LogP contribution in [-0.4, -0.2) is 22.1 Å². The van der Waals surface area contributed by atoms with Gasteiger partial charge >= 0.3 is 92.1 Å². The van der Waals surface area contributed by atoms with Crippen LogP contribution in [0.15, 0.2) is 0 Å². The van der Waals surface area contributed by atoms with Crippen molar-refractivity contribution >= 4 is 22.1 Å². The molecule has 0 atom stereocenters. The van der Waals surface area contributed by atoms with Gasteiger partial charge in [0.15, 0.2) is 0 Å². The van der Waals surface area contributed by atoms with Gasteiger partial charge in [0, 0.05) is 0 Å². The molecule has 49 valence electrons. The second-order valence-electron chi connectivity index (χ2n) is 0.289. The van der Waals surface area contributed by atoms with Gasteiger partial charge in [-0.25, -0.2) is 0 Å². The zero-order chi connectivity index (χ0) is 8.12. The van der Waals surface area contributed by atoms with Crippen LogP contribution < -0.4 is 15.1 Å². The third kappa shape index (κ3) is 3770. The van der Waals surface area contributed by atoms with Gasteiger partial charge in [0.25, 0.3) is 0 Å². The van der Waals surface area contributed by atoms with Crippen molar-refractivity contribution in [2.24, 2.45) is 0 Å². The minimum absolute atomic E-state index is 0. The normalized spacial score (nSPS) is 2.40. The summed E-state index contributed by atoms with van der Waals surface area (Å²) in [7, 11) is -1.50. The molecule has 1 radical (unpaired) electrons. The van der Waals surface area contributed by atoms with Crippen molar-refractivity contribution in [1.29, 1.82) is 0 Å². The molecule has 10 heavy (non-hydrogen) atoms. The SMILES string of the molecule is O=B[O-].O=B[O-].O=B[O-].[Nd+3]. The Balaban J connectivity index is -0.0000000257. The summed E-state index contributed by atoms with van der Waals surface area (Å²) >= 11 is 0. The van der Waals surface area contributed by atoms with Crippen LogP contribution in [0.4, 0.5) is 0 Å². The maximum absolute atomic E-state index is 8.25. The van der Waals surface area contributed by atoms with E-state index in [-0.39, 0.29) is 40.8 Å². The second-order valence-corrected chi connectivity index (χ2v) is 0.289. The summed E-state index contributed by atoms with van der Waals surface area (Å²) in [6, 6.07) is 0. The van der Waals surface area contributed by atoms with Gasteiger partial charge < -0.3 is 0 Å². The third-order valence-corrected chi connectivity index (χ3v) is 0. The van der Waals surface area contributed by atoms with Crippen LogP contribution in [0.1, 0.15) is 0 Å². The Morgan fingerprint density at radius 3 is 0.700 bits per heavy atom. The summed E-state index contributed by atoms with van der Waals surface area (Å²) in [6.45, 7) is 0. The minimum Gasteiger partial charge on any atom is 3.00 e. The molecule has 6 nitrogen and oxygen atoms in total. The molecule has 0 aliphatic rings. The van der Waals surface area contributed by atoms with Gasteiger partial charge in [0.05, 0.1) is 0 Å². The number of hydrogen-bond acceptors (Lipinski definition) is 6. The van der Waals surface area contributed by atoms with E-state index >= 15 is 0 Å². The van der Waals surface area contributed by atoms with Crippen LogP contribution in [0, 0.1) is 40.8 Å². The van der Waals surface area contributed by atoms with Gasteiger partial charge in [-0.05, 0) is 0 Å². The fourth-order valence-electron chi connectivity index (χ4n) is 0. The largest absolute Gasteiger partial charge is 3.00 e. The van der Waals surface area contributed by atoms with E-state index in [4.69, 9.17) is 29.2 Å². The Bertz CT molecular complexity index is 49.7. The van der Waals surface area contributed by atoms with Crippen molar-refractivity contribution in [2.45, 2.75) is 0 Å². The summed E-state index contributed by atoms with van der Waals surface area (Å²) in [5, 5.41) is 24.8. The van der Waals surface area contributed by atoms with E-state index in [0.29, 0.717) is 0 Å². The van der Waals surface area contributed by atoms with E-state index in [1.54, 1.807) is 0 Å². The fourth-order valence-corrected chi connectivity index (χ4v) is 0. The Morgan fingerprint density at radius 2 is 0.700 bits per heavy atom. The standard InChI is InChI=1S/3BO2.Nd/c3*2-1-3;/q3*-1;+3. The molecule has 0 fully saturated rings. The molecule has 0 aliphatic carbocycles. The van der Waals surface area contributed by atoms with Gasteiger partial charge in [0.2, 0.25) is 0 Å². The molecule has 0 N–H and O–H groups in total. The van der Waals surface area contributed by atoms with Gasteiger partial charge in [-0.2, -0.15) is 0 Å². The molecule has 0 saturated carbocycles. The van der Waals surface area contributed by atoms with Crippen LogP contribution in [0.25, 0.3) is 0 Å². The van der Waals surface area contributed by atoms with E-state index < -0.39 is 22.1 Å². The molecule has 0 heterocycles. The van der Waals surface area contributed by atoms with Crippen molar-refractivity contribution in [3.8, 4) is 0 Å². The predicted molar refractivity (Wildman–Crippen MR) is 19.3 cm³/mol. The molecule has 0 unspecified atom stereocenters. The van der Waals surface area contributed by atoms with Crippen molar-refractivity contribution < 1.29 is 70.0 Å². The Kier molecular flexibility index (Phi) is 131. The van der Waals surface area contributed by atoms with E-state index in [1.807, 2.05) is 0 Å². The molecular formula is B3NdO6. The van der Waals surface area contributed by atoms with E-state index in [0.717, 1.165) is 0 Å². The maximum Gasteiger partial charge on any atom is 3.00 e. The van der Waals surface area contributed by atoms with Crippen molar-refractivity contribution in [3.05, 3.63) is 0 Å². The average molecular weight is 273 g/mol. The van der Waals surface area contributed by atoms with E-state index in [9.17, 15) is 0 Å². The van der Waals surface area contributed by atoms with Crippen molar-refractivity contribution in [1.82, 2.24) is 0 Å². The van der Waals surface area contributed by atoms with Crippen molar-refractivity contribution in [2.75, 3.05) is 0 Å². The van der Waals surface area contributed by atoms with Gasteiger partial charge in [-0.3, -0.25) is 0 Å². The minimum atomic E-state index is -0.500. The predicted octanol–water partition coefficient (Wildman–Crippen LogP) is -5.07. The van der Waals surface area contributed by atoms with Crippen molar-refractivity contribution in [3.63, 3.8) is 0 Å². The van der Waals surface area contributed by atoms with Gasteiger partial charge in [0.1, 0.15) is 0 Å². The smallest absolute Gasteiger partial charge is 3.00 e. The van der Waals surface area contributed by atoms with Crippen LogP contribution in [0.2, 0.25) is 0 Å². The molecular weight excluding hydrogens is 273 g/mol. The number of rotatable bonds is 0. The molecule has 0 aromatic heterocycles. The van der Waals surface area contributed by atoms with Crippen LogP contribution in [0.3, 0.4) is 0 Å². The topological polar surface area (TPSA) is 120 Å². The van der Waals surface area contributed by atoms with Crippen LogP contribution >= 0.6 is 0 Å². The summed E-state index contributed by atoms with van der Waals surface area (Å²) in [5.41, 5.74) is 0. The molecule has 0 spiro atoms. The third-order valence-electron chi connectivity index (χ3n) is 0. The molecule has 10 heteroatoms. The first kappa shape index (κ1) is 22.4. The summed E-state index contributed by atoms with van der Waals surface area (Å²) in [6.07, 6.45) is 0. The first-order chi connectivity index (χ1) is 4.24. The Hall–Kier alpha value is 0.345. The second kappa shape index (κ2) is 58.2. The monoisotopic (exact) mass is 271 g/mol. The van der Waals surface area contributed by atoms with Gasteiger partial charge in [-0.15, -0.1) is 0 Å². The first-order valence-electron chi connectivity index (χ1n) is 1.41. The molecule has 0 amide bonds. The average Bonchev–Trinajstić information content (AvgIpc) is 1.70. The fraction of sp³-hybridized carbons (Fsp3) is 0. The molecule has 0 aromatic rings. The molecule has 0 bridgehead atoms. The van der Waals surface area contributed by atoms with E-state index in [1.165, 1.54) is 0 Å². The summed E-state index contributed by atoms with van der Waals surface area (Å²) in [5.74, 6) is 0. The van der Waals surface area contributed by atoms with E-state index in [2.05, 4.69) is 0 Å². The zero-order valence-corrected chi connectivity index (χ0v) is 7.89. The zero-order valence-electron chi connectivity index (χ0n) is 4.68. The summed E-state index contributed by atoms with van der Waals surface area (Å²) < 4.78 is 24.8. The molecule has 0 aliphatic heterocycles. The maximum atomic E-state index is 8.25.